The number of nitrogens with one attached hydrogen (secondary N) is 1. The normalized spacial score (nSPS) is 24.6. The fourth-order valence-corrected chi connectivity index (χ4v) is 2.53. The molecule has 0 amide bonds. The molecule has 0 radical (unpaired) electrons. The monoisotopic (exact) mass is 213 g/mol. The van der Waals surface area contributed by atoms with E-state index in [1.54, 1.807) is 7.11 Å². The lowest BCUT2D eigenvalue weighted by molar-refractivity contribution is 0.191. The van der Waals surface area contributed by atoms with Gasteiger partial charge in [0.2, 0.25) is 0 Å². The zero-order chi connectivity index (χ0) is 11.1. The Bertz CT molecular complexity index is 168. The summed E-state index contributed by atoms with van der Waals surface area (Å²) in [5, 5.41) is 3.71. The van der Waals surface area contributed by atoms with Crippen LogP contribution < -0.4 is 5.32 Å². The number of ether oxygens (including phenoxy) is 1. The van der Waals surface area contributed by atoms with Gasteiger partial charge in [-0.3, -0.25) is 0 Å². The van der Waals surface area contributed by atoms with Crippen molar-refractivity contribution in [1.29, 1.82) is 0 Å². The maximum absolute atomic E-state index is 5.03. The average Bonchev–Trinajstić information content (AvgIpc) is 2.52. The lowest BCUT2D eigenvalue weighted by atomic mass is 9.87. The molecule has 1 N–H and O–H groups in total. The Labute approximate surface area is 94.8 Å². The van der Waals surface area contributed by atoms with Crippen LogP contribution in [0.25, 0.3) is 0 Å². The molecule has 0 bridgehead atoms. The van der Waals surface area contributed by atoms with E-state index in [9.17, 15) is 0 Å². The molecule has 0 aromatic carbocycles. The third kappa shape index (κ3) is 4.52. The predicted octanol–water partition coefficient (Wildman–Crippen LogP) is 2.97. The molecule has 0 heterocycles. The first-order chi connectivity index (χ1) is 7.17. The van der Waals surface area contributed by atoms with Crippen LogP contribution in [0.2, 0.25) is 0 Å². The Morgan fingerprint density at radius 1 is 1.27 bits per heavy atom. The molecule has 2 nitrogen and oxygen atoms in total. The number of hydrogen-bond acceptors (Lipinski definition) is 2. The topological polar surface area (TPSA) is 21.3 Å². The van der Waals surface area contributed by atoms with E-state index in [4.69, 9.17) is 4.74 Å². The van der Waals surface area contributed by atoms with E-state index in [0.717, 1.165) is 12.6 Å². The summed E-state index contributed by atoms with van der Waals surface area (Å²) in [5.74, 6) is 0. The van der Waals surface area contributed by atoms with Crippen molar-refractivity contribution < 1.29 is 4.74 Å². The molecule has 1 fully saturated rings. The van der Waals surface area contributed by atoms with Crippen LogP contribution in [0.1, 0.15) is 52.4 Å². The summed E-state index contributed by atoms with van der Waals surface area (Å²) in [5.41, 5.74) is 0.520. The minimum Gasteiger partial charge on any atom is -0.385 e. The first-order valence-electron chi connectivity index (χ1n) is 6.39. The van der Waals surface area contributed by atoms with Crippen LogP contribution in [0.3, 0.4) is 0 Å². The molecule has 90 valence electrons. The van der Waals surface area contributed by atoms with Crippen molar-refractivity contribution in [3.05, 3.63) is 0 Å². The standard InChI is InChI=1S/C13H27NO/c1-13(2)9-7-8-12(13)14-10-5-4-6-11-15-3/h12,14H,4-11H2,1-3H3/t12-/m0/s1. The van der Waals surface area contributed by atoms with Crippen molar-refractivity contribution in [2.45, 2.75) is 58.4 Å². The highest BCUT2D eigenvalue weighted by molar-refractivity contribution is 4.89. The zero-order valence-corrected chi connectivity index (χ0v) is 10.6. The lowest BCUT2D eigenvalue weighted by Gasteiger charge is -2.28. The molecule has 0 aromatic rings. The van der Waals surface area contributed by atoms with Gasteiger partial charge >= 0.3 is 0 Å². The van der Waals surface area contributed by atoms with Crippen LogP contribution in [0, 0.1) is 5.41 Å². The van der Waals surface area contributed by atoms with Crippen LogP contribution in [-0.4, -0.2) is 26.3 Å². The third-order valence-electron chi connectivity index (χ3n) is 3.67. The SMILES string of the molecule is COCCCCCN[C@H]1CCCC1(C)C. The number of methoxy groups -OCH3 is 1. The van der Waals surface area contributed by atoms with Crippen LogP contribution in [0.5, 0.6) is 0 Å². The minimum absolute atomic E-state index is 0.520. The molecule has 0 saturated heterocycles. The van der Waals surface area contributed by atoms with Gasteiger partial charge in [-0.1, -0.05) is 20.3 Å². The highest BCUT2D eigenvalue weighted by Gasteiger charge is 2.33. The van der Waals surface area contributed by atoms with Gasteiger partial charge in [-0.05, 0) is 44.1 Å². The van der Waals surface area contributed by atoms with Gasteiger partial charge in [-0.2, -0.15) is 0 Å². The molecule has 2 heteroatoms. The summed E-state index contributed by atoms with van der Waals surface area (Å²) in [6.45, 7) is 6.87. The van der Waals surface area contributed by atoms with Crippen LogP contribution >= 0.6 is 0 Å². The Hall–Kier alpha value is -0.0800. The molecule has 1 rings (SSSR count). The molecule has 0 unspecified atom stereocenters. The van der Waals surface area contributed by atoms with Gasteiger partial charge in [0.15, 0.2) is 0 Å². The largest absolute Gasteiger partial charge is 0.385 e. The summed E-state index contributed by atoms with van der Waals surface area (Å²) in [6.07, 6.45) is 7.92. The molecule has 1 aliphatic carbocycles. The second kappa shape index (κ2) is 6.49. The van der Waals surface area contributed by atoms with Gasteiger partial charge in [0.25, 0.3) is 0 Å². The summed E-state index contributed by atoms with van der Waals surface area (Å²) in [4.78, 5) is 0. The van der Waals surface area contributed by atoms with Gasteiger partial charge in [0.05, 0.1) is 0 Å². The first-order valence-corrected chi connectivity index (χ1v) is 6.39. The summed E-state index contributed by atoms with van der Waals surface area (Å²) >= 11 is 0. The van der Waals surface area contributed by atoms with Gasteiger partial charge in [0.1, 0.15) is 0 Å². The van der Waals surface area contributed by atoms with Crippen molar-refractivity contribution >= 4 is 0 Å². The quantitative estimate of drug-likeness (QED) is 0.656. The molecule has 0 spiro atoms. The maximum atomic E-state index is 5.03. The maximum Gasteiger partial charge on any atom is 0.0462 e. The van der Waals surface area contributed by atoms with E-state index >= 15 is 0 Å². The number of unbranched alkanes of at least 4 members (excludes halogenated alkanes) is 2. The van der Waals surface area contributed by atoms with Gasteiger partial charge < -0.3 is 10.1 Å². The highest BCUT2D eigenvalue weighted by atomic mass is 16.5. The summed E-state index contributed by atoms with van der Waals surface area (Å²) < 4.78 is 5.03. The minimum atomic E-state index is 0.520. The molecule has 15 heavy (non-hydrogen) atoms. The van der Waals surface area contributed by atoms with Gasteiger partial charge in [-0.25, -0.2) is 0 Å². The zero-order valence-electron chi connectivity index (χ0n) is 10.6. The fraction of sp³-hybridized carbons (Fsp3) is 1.00. The van der Waals surface area contributed by atoms with Crippen molar-refractivity contribution in [3.8, 4) is 0 Å². The molecule has 1 saturated carbocycles. The molecular weight excluding hydrogens is 186 g/mol. The lowest BCUT2D eigenvalue weighted by Crippen LogP contribution is -2.38. The van der Waals surface area contributed by atoms with E-state index < -0.39 is 0 Å². The molecule has 0 aliphatic heterocycles. The Morgan fingerprint density at radius 2 is 2.07 bits per heavy atom. The van der Waals surface area contributed by atoms with Gasteiger partial charge in [-0.15, -0.1) is 0 Å². The van der Waals surface area contributed by atoms with Crippen LogP contribution in [0.4, 0.5) is 0 Å². The Kier molecular flexibility index (Phi) is 5.62. The smallest absolute Gasteiger partial charge is 0.0462 e. The van der Waals surface area contributed by atoms with Crippen molar-refractivity contribution in [2.75, 3.05) is 20.3 Å². The number of rotatable bonds is 7. The van der Waals surface area contributed by atoms with Crippen molar-refractivity contribution in [2.24, 2.45) is 5.41 Å². The van der Waals surface area contributed by atoms with Crippen molar-refractivity contribution in [3.63, 3.8) is 0 Å². The van der Waals surface area contributed by atoms with E-state index in [1.165, 1.54) is 45.1 Å². The van der Waals surface area contributed by atoms with Gasteiger partial charge in [0, 0.05) is 19.8 Å². The predicted molar refractivity (Wildman–Crippen MR) is 65.1 cm³/mol. The van der Waals surface area contributed by atoms with Crippen LogP contribution in [0.15, 0.2) is 0 Å². The van der Waals surface area contributed by atoms with E-state index in [1.807, 2.05) is 0 Å². The first kappa shape index (κ1) is 13.0. The summed E-state index contributed by atoms with van der Waals surface area (Å²) in [7, 11) is 1.78. The van der Waals surface area contributed by atoms with E-state index in [0.29, 0.717) is 5.41 Å². The second-order valence-corrected chi connectivity index (χ2v) is 5.44. The average molecular weight is 213 g/mol. The number of hydrogen-bond donors (Lipinski definition) is 1. The Balaban J connectivity index is 2.00. The molecule has 1 atom stereocenters. The highest BCUT2D eigenvalue weighted by Crippen LogP contribution is 2.37. The van der Waals surface area contributed by atoms with E-state index in [2.05, 4.69) is 19.2 Å². The third-order valence-corrected chi connectivity index (χ3v) is 3.67. The van der Waals surface area contributed by atoms with Crippen molar-refractivity contribution in [1.82, 2.24) is 5.32 Å². The molecule has 0 aromatic heterocycles. The van der Waals surface area contributed by atoms with Crippen LogP contribution in [-0.2, 0) is 4.74 Å². The second-order valence-electron chi connectivity index (χ2n) is 5.44. The molecule has 1 aliphatic rings. The molecular formula is C13H27NO. The summed E-state index contributed by atoms with van der Waals surface area (Å²) in [6, 6.07) is 0.750. The Morgan fingerprint density at radius 3 is 2.67 bits per heavy atom. The van der Waals surface area contributed by atoms with E-state index in [-0.39, 0.29) is 0 Å². The fourth-order valence-electron chi connectivity index (χ4n) is 2.53.